The van der Waals surface area contributed by atoms with Crippen molar-refractivity contribution in [2.24, 2.45) is 0 Å². The standard InChI is InChI=1S/C32H30O15/c1-42-22-7-14(8-23(43-2)27(22)39)3-6-26(38)47-31-25(13-33)46-32(29(41)28(31)40)45-24-12-17-19(36)10-16(34)11-21(17)44-30(24)15-4-5-18(35)20(37)9-15/h3-12,25,28-29,31-33,35-37,39-41H,13H2,1-2H3/t25-,28-,29-,31-,32-/m1/s1. The number of ether oxygens (including phenoxy) is 5. The first-order valence-electron chi connectivity index (χ1n) is 13.9. The van der Waals surface area contributed by atoms with Gasteiger partial charge in [0.25, 0.3) is 0 Å². The van der Waals surface area contributed by atoms with Gasteiger partial charge in [0.05, 0.1) is 26.4 Å². The van der Waals surface area contributed by atoms with E-state index in [9.17, 15) is 45.3 Å². The van der Waals surface area contributed by atoms with E-state index in [0.29, 0.717) is 5.56 Å². The summed E-state index contributed by atoms with van der Waals surface area (Å²) in [4.78, 5) is 24.7. The van der Waals surface area contributed by atoms with Gasteiger partial charge < -0.3 is 63.8 Å². The molecule has 0 amide bonds. The van der Waals surface area contributed by atoms with Crippen LogP contribution in [0.2, 0.25) is 0 Å². The topological polar surface area (TPSA) is 235 Å². The number of carbonyl (C=O) groups excluding carboxylic acids is 1. The minimum atomic E-state index is -1.88. The Hall–Kier alpha value is -5.48. The molecule has 3 aliphatic rings. The first-order chi connectivity index (χ1) is 22.4. The molecular weight excluding hydrogens is 624 g/mol. The monoisotopic (exact) mass is 654 g/mol. The number of phenolic OH excluding ortho intramolecular Hbond substituents is 4. The van der Waals surface area contributed by atoms with E-state index in [-0.39, 0.29) is 45.6 Å². The summed E-state index contributed by atoms with van der Waals surface area (Å²) in [5, 5.41) is 72.2. The lowest BCUT2D eigenvalue weighted by Crippen LogP contribution is -2.61. The minimum Gasteiger partial charge on any atom is -0.507 e. The van der Waals surface area contributed by atoms with Crippen molar-refractivity contribution >= 4 is 12.0 Å². The van der Waals surface area contributed by atoms with Crippen LogP contribution in [0.3, 0.4) is 0 Å². The Morgan fingerprint density at radius 2 is 1.57 bits per heavy atom. The maximum absolute atomic E-state index is 12.7. The van der Waals surface area contributed by atoms with Crippen molar-refractivity contribution in [1.29, 1.82) is 0 Å². The minimum absolute atomic E-state index is 0.0263. The fourth-order valence-electron chi connectivity index (χ4n) is 4.90. The average molecular weight is 655 g/mol. The second-order valence-electron chi connectivity index (χ2n) is 10.3. The molecule has 47 heavy (non-hydrogen) atoms. The average Bonchev–Trinajstić information content (AvgIpc) is 3.05. The SMILES string of the molecule is COc1cc(C=CC(=O)O[C@H]2[C@H](O)[C@@H](O)[C@H](Oc3cc4c(O)cc(=O)cc-4oc3-c3ccc(O)c(O)c3)O[C@@H]2CO)cc(OC)c1O. The van der Waals surface area contributed by atoms with Crippen LogP contribution in [0.4, 0.5) is 0 Å². The highest BCUT2D eigenvalue weighted by Gasteiger charge is 2.48. The number of fused-ring (bicyclic) bond motifs is 1. The van der Waals surface area contributed by atoms with Crippen LogP contribution >= 0.6 is 0 Å². The largest absolute Gasteiger partial charge is 0.507 e. The molecule has 0 bridgehead atoms. The number of benzene rings is 3. The van der Waals surface area contributed by atoms with Gasteiger partial charge in [-0.3, -0.25) is 4.79 Å². The third kappa shape index (κ3) is 6.73. The second-order valence-corrected chi connectivity index (χ2v) is 10.3. The van der Waals surface area contributed by atoms with Crippen LogP contribution in [0, 0.1) is 0 Å². The molecule has 15 heteroatoms. The summed E-state index contributed by atoms with van der Waals surface area (Å²) in [5.74, 6) is -2.87. The van der Waals surface area contributed by atoms with Gasteiger partial charge in [0.1, 0.15) is 29.8 Å². The van der Waals surface area contributed by atoms with Crippen molar-refractivity contribution in [3.8, 4) is 62.9 Å². The summed E-state index contributed by atoms with van der Waals surface area (Å²) in [5.41, 5.74) is -0.0136. The summed E-state index contributed by atoms with van der Waals surface area (Å²) in [6, 6.07) is 9.79. The molecule has 248 valence electrons. The van der Waals surface area contributed by atoms with E-state index in [2.05, 4.69) is 0 Å². The number of carbonyl (C=O) groups is 1. The maximum atomic E-state index is 12.7. The molecule has 2 aromatic rings. The molecule has 2 aromatic carbocycles. The molecule has 2 heterocycles. The summed E-state index contributed by atoms with van der Waals surface area (Å²) >= 11 is 0. The number of rotatable bonds is 9. The van der Waals surface area contributed by atoms with Crippen LogP contribution in [0.15, 0.2) is 63.8 Å². The third-order valence-corrected chi connectivity index (χ3v) is 7.27. The number of aliphatic hydroxyl groups is 3. The quantitative estimate of drug-likeness (QED) is 0.0773. The molecule has 1 fully saturated rings. The fraction of sp³-hybridized carbons (Fsp3) is 0.250. The lowest BCUT2D eigenvalue weighted by Gasteiger charge is -2.41. The first kappa shape index (κ1) is 32.9. The summed E-state index contributed by atoms with van der Waals surface area (Å²) < 4.78 is 32.9. The Labute approximate surface area is 265 Å². The number of phenols is 4. The van der Waals surface area contributed by atoms with E-state index >= 15 is 0 Å². The summed E-state index contributed by atoms with van der Waals surface area (Å²) in [7, 11) is 2.66. The molecule has 15 nitrogen and oxygen atoms in total. The van der Waals surface area contributed by atoms with E-state index in [1.807, 2.05) is 0 Å². The Morgan fingerprint density at radius 1 is 0.872 bits per heavy atom. The van der Waals surface area contributed by atoms with Crippen LogP contribution in [-0.4, -0.2) is 93.2 Å². The van der Waals surface area contributed by atoms with Gasteiger partial charge in [-0.2, -0.15) is 0 Å². The van der Waals surface area contributed by atoms with E-state index in [0.717, 1.165) is 30.3 Å². The zero-order chi connectivity index (χ0) is 34.0. The predicted octanol–water partition coefficient (Wildman–Crippen LogP) is 1.69. The molecule has 0 unspecified atom stereocenters. The molecular formula is C32H30O15. The van der Waals surface area contributed by atoms with Crippen molar-refractivity contribution < 1.29 is 68.6 Å². The van der Waals surface area contributed by atoms with Gasteiger partial charge in [0.15, 0.2) is 46.0 Å². The summed E-state index contributed by atoms with van der Waals surface area (Å²) in [6.07, 6.45) is -6.08. The number of esters is 1. The first-order valence-corrected chi connectivity index (χ1v) is 13.9. The number of aromatic hydroxyl groups is 4. The zero-order valence-electron chi connectivity index (χ0n) is 24.8. The highest BCUT2D eigenvalue weighted by atomic mass is 16.7. The van der Waals surface area contributed by atoms with Crippen molar-refractivity contribution in [2.75, 3.05) is 20.8 Å². The highest BCUT2D eigenvalue weighted by Crippen LogP contribution is 2.43. The Bertz CT molecular complexity index is 1800. The van der Waals surface area contributed by atoms with Gasteiger partial charge in [-0.25, -0.2) is 4.79 Å². The Morgan fingerprint density at radius 3 is 2.21 bits per heavy atom. The van der Waals surface area contributed by atoms with Crippen LogP contribution < -0.4 is 19.6 Å². The van der Waals surface area contributed by atoms with Gasteiger partial charge >= 0.3 is 5.97 Å². The molecule has 0 saturated carbocycles. The number of aliphatic hydroxyl groups excluding tert-OH is 3. The van der Waals surface area contributed by atoms with Gasteiger partial charge in [0.2, 0.25) is 12.0 Å². The summed E-state index contributed by atoms with van der Waals surface area (Å²) in [6.45, 7) is -0.786. The third-order valence-electron chi connectivity index (χ3n) is 7.27. The number of methoxy groups -OCH3 is 2. The predicted molar refractivity (Wildman–Crippen MR) is 161 cm³/mol. The molecule has 2 aliphatic heterocycles. The van der Waals surface area contributed by atoms with Crippen LogP contribution in [-0.2, 0) is 14.3 Å². The molecule has 5 rings (SSSR count). The van der Waals surface area contributed by atoms with Crippen LogP contribution in [0.25, 0.3) is 28.7 Å². The molecule has 1 saturated heterocycles. The molecule has 1 aliphatic carbocycles. The van der Waals surface area contributed by atoms with Gasteiger partial charge in [-0.1, -0.05) is 0 Å². The number of hydrogen-bond donors (Lipinski definition) is 7. The molecule has 5 atom stereocenters. The van der Waals surface area contributed by atoms with E-state index in [1.165, 1.54) is 44.6 Å². The van der Waals surface area contributed by atoms with Gasteiger partial charge in [-0.15, -0.1) is 0 Å². The van der Waals surface area contributed by atoms with E-state index in [4.69, 9.17) is 28.1 Å². The smallest absolute Gasteiger partial charge is 0.331 e. The van der Waals surface area contributed by atoms with Crippen molar-refractivity contribution in [3.63, 3.8) is 0 Å². The van der Waals surface area contributed by atoms with Crippen molar-refractivity contribution in [3.05, 3.63) is 70.4 Å². The second kappa shape index (κ2) is 13.5. The molecule has 0 aromatic heterocycles. The van der Waals surface area contributed by atoms with Crippen LogP contribution in [0.5, 0.6) is 40.2 Å². The normalized spacial score (nSPS) is 21.1. The van der Waals surface area contributed by atoms with E-state index < -0.39 is 66.0 Å². The van der Waals surface area contributed by atoms with Gasteiger partial charge in [-0.05, 0) is 48.0 Å². The van der Waals surface area contributed by atoms with Crippen molar-refractivity contribution in [1.82, 2.24) is 0 Å². The molecule has 7 N–H and O–H groups in total. The molecule has 0 spiro atoms. The van der Waals surface area contributed by atoms with Crippen molar-refractivity contribution in [2.45, 2.75) is 30.7 Å². The number of hydrogen-bond acceptors (Lipinski definition) is 15. The Kier molecular flexibility index (Phi) is 9.44. The van der Waals surface area contributed by atoms with Gasteiger partial charge in [0, 0.05) is 23.8 Å². The highest BCUT2D eigenvalue weighted by molar-refractivity contribution is 5.87. The maximum Gasteiger partial charge on any atom is 0.331 e. The van der Waals surface area contributed by atoms with Crippen LogP contribution in [0.1, 0.15) is 5.56 Å². The Balaban J connectivity index is 1.40. The van der Waals surface area contributed by atoms with E-state index in [1.54, 1.807) is 0 Å². The lowest BCUT2D eigenvalue weighted by molar-refractivity contribution is -0.280. The lowest BCUT2D eigenvalue weighted by atomic mass is 9.99. The fourth-order valence-corrected chi connectivity index (χ4v) is 4.90. The zero-order valence-corrected chi connectivity index (χ0v) is 24.8. The molecule has 0 radical (unpaired) electrons.